The number of alkyl carbamates (subject to hydrolysis) is 1. The van der Waals surface area contributed by atoms with Crippen LogP contribution in [0.3, 0.4) is 0 Å². The summed E-state index contributed by atoms with van der Waals surface area (Å²) in [6.07, 6.45) is 1.12. The van der Waals surface area contributed by atoms with Gasteiger partial charge in [0, 0.05) is 30.1 Å². The predicted octanol–water partition coefficient (Wildman–Crippen LogP) is 2.49. The van der Waals surface area contributed by atoms with Crippen LogP contribution >= 0.6 is 0 Å². The van der Waals surface area contributed by atoms with Crippen molar-refractivity contribution in [2.24, 2.45) is 0 Å². The first-order valence-corrected chi connectivity index (χ1v) is 8.02. The molecule has 3 N–H and O–H groups in total. The van der Waals surface area contributed by atoms with Gasteiger partial charge in [0.05, 0.1) is 5.52 Å². The molecule has 0 fully saturated rings. The number of carboxylic acid groups (broad SMARTS) is 1. The number of amides is 1. The number of carbonyl (C=O) groups is 2. The average Bonchev–Trinajstić information content (AvgIpc) is 2.52. The highest BCUT2D eigenvalue weighted by Crippen LogP contribution is 2.11. The molecule has 0 radical (unpaired) electrons. The highest BCUT2D eigenvalue weighted by Gasteiger charge is 2.15. The van der Waals surface area contributed by atoms with Crippen molar-refractivity contribution in [1.29, 1.82) is 0 Å². The molecule has 0 aliphatic rings. The molecule has 136 valence electrons. The van der Waals surface area contributed by atoms with E-state index in [1.807, 2.05) is 0 Å². The van der Waals surface area contributed by atoms with Gasteiger partial charge < -0.3 is 20.1 Å². The molecular weight excluding hydrogens is 336 g/mol. The summed E-state index contributed by atoms with van der Waals surface area (Å²) in [5.41, 5.74) is -0.192. The first kappa shape index (κ1) is 19.1. The van der Waals surface area contributed by atoms with Gasteiger partial charge in [-0.3, -0.25) is 4.79 Å². The largest absolute Gasteiger partial charge is 0.477 e. The summed E-state index contributed by atoms with van der Waals surface area (Å²) in [5.74, 6) is 4.59. The van der Waals surface area contributed by atoms with Crippen molar-refractivity contribution in [2.45, 2.75) is 32.8 Å². The normalized spacial score (nSPS) is 10.7. The fraction of sp³-hybridized carbons (Fsp3) is 0.316. The van der Waals surface area contributed by atoms with Crippen molar-refractivity contribution in [3.63, 3.8) is 0 Å². The second kappa shape index (κ2) is 7.74. The molecule has 0 atom stereocenters. The molecule has 0 aliphatic heterocycles. The number of aromatic nitrogens is 1. The lowest BCUT2D eigenvalue weighted by atomic mass is 10.1. The van der Waals surface area contributed by atoms with Gasteiger partial charge in [-0.05, 0) is 39.0 Å². The maximum atomic E-state index is 12.1. The second-order valence-corrected chi connectivity index (χ2v) is 6.58. The fourth-order valence-corrected chi connectivity index (χ4v) is 2.16. The standard InChI is InChI=1S/C19H20N2O5/c1-19(2,3)26-18(25)20-9-5-4-6-12-7-8-13-15(10-12)21-11-14(16(13)22)17(23)24/h7-8,10-11H,5,9H2,1-3H3,(H,20,25)(H,21,22)(H,23,24). The lowest BCUT2D eigenvalue weighted by Gasteiger charge is -2.19. The number of aromatic amines is 1. The molecule has 0 bridgehead atoms. The van der Waals surface area contributed by atoms with Gasteiger partial charge in [-0.15, -0.1) is 0 Å². The minimum absolute atomic E-state index is 0.294. The third-order valence-electron chi connectivity index (χ3n) is 3.26. The zero-order chi connectivity index (χ0) is 19.3. The molecule has 7 heteroatoms. The number of pyridine rings is 1. The van der Waals surface area contributed by atoms with Crippen molar-refractivity contribution in [3.05, 3.63) is 45.7 Å². The van der Waals surface area contributed by atoms with Crippen LogP contribution in [0, 0.1) is 11.8 Å². The second-order valence-electron chi connectivity index (χ2n) is 6.58. The van der Waals surface area contributed by atoms with Crippen LogP contribution in [0.5, 0.6) is 0 Å². The van der Waals surface area contributed by atoms with Gasteiger partial charge in [0.25, 0.3) is 0 Å². The molecule has 1 aromatic carbocycles. The van der Waals surface area contributed by atoms with E-state index in [0.29, 0.717) is 29.4 Å². The van der Waals surface area contributed by atoms with E-state index in [-0.39, 0.29) is 5.56 Å². The highest BCUT2D eigenvalue weighted by molar-refractivity contribution is 5.92. The molecule has 1 amide bonds. The summed E-state index contributed by atoms with van der Waals surface area (Å²) in [4.78, 5) is 37.3. The van der Waals surface area contributed by atoms with Crippen molar-refractivity contribution < 1.29 is 19.4 Å². The molecule has 0 unspecified atom stereocenters. The lowest BCUT2D eigenvalue weighted by molar-refractivity contribution is 0.0528. The third-order valence-corrected chi connectivity index (χ3v) is 3.26. The van der Waals surface area contributed by atoms with E-state index in [0.717, 1.165) is 0 Å². The molecule has 1 aromatic heterocycles. The molecule has 0 aliphatic carbocycles. The smallest absolute Gasteiger partial charge is 0.407 e. The fourth-order valence-electron chi connectivity index (χ4n) is 2.16. The molecule has 2 aromatic rings. The monoisotopic (exact) mass is 356 g/mol. The Morgan fingerprint density at radius 1 is 1.31 bits per heavy atom. The lowest BCUT2D eigenvalue weighted by Crippen LogP contribution is -2.32. The first-order chi connectivity index (χ1) is 12.2. The van der Waals surface area contributed by atoms with Gasteiger partial charge in [-0.25, -0.2) is 9.59 Å². The van der Waals surface area contributed by atoms with Crippen LogP contribution in [0.1, 0.15) is 43.1 Å². The van der Waals surface area contributed by atoms with Crippen LogP contribution in [-0.2, 0) is 4.74 Å². The minimum Gasteiger partial charge on any atom is -0.477 e. The Morgan fingerprint density at radius 2 is 2.04 bits per heavy atom. The van der Waals surface area contributed by atoms with Crippen LogP contribution in [0.4, 0.5) is 4.79 Å². The number of nitrogens with one attached hydrogen (secondary N) is 2. The summed E-state index contributed by atoms with van der Waals surface area (Å²) in [6.45, 7) is 5.72. The number of aromatic carboxylic acids is 1. The number of ether oxygens (including phenoxy) is 1. The van der Waals surface area contributed by atoms with E-state index in [1.165, 1.54) is 6.20 Å². The van der Waals surface area contributed by atoms with Gasteiger partial charge in [0.2, 0.25) is 5.43 Å². The minimum atomic E-state index is -1.27. The maximum Gasteiger partial charge on any atom is 0.407 e. The molecule has 0 spiro atoms. The van der Waals surface area contributed by atoms with Crippen molar-refractivity contribution in [1.82, 2.24) is 10.3 Å². The summed E-state index contributed by atoms with van der Waals surface area (Å²) in [5, 5.41) is 11.9. The Labute approximate surface area is 150 Å². The van der Waals surface area contributed by atoms with Gasteiger partial charge in [-0.1, -0.05) is 11.8 Å². The summed E-state index contributed by atoms with van der Waals surface area (Å²) in [6, 6.07) is 4.87. The number of fused-ring (bicyclic) bond motifs is 1. The Balaban J connectivity index is 2.01. The van der Waals surface area contributed by atoms with Crippen molar-refractivity contribution in [2.75, 3.05) is 6.54 Å². The summed E-state index contributed by atoms with van der Waals surface area (Å²) < 4.78 is 5.11. The maximum absolute atomic E-state index is 12.1. The Kier molecular flexibility index (Phi) is 5.68. The molecule has 2 rings (SSSR count). The Hall–Kier alpha value is -3.27. The van der Waals surface area contributed by atoms with E-state index >= 15 is 0 Å². The Morgan fingerprint density at radius 3 is 2.69 bits per heavy atom. The first-order valence-electron chi connectivity index (χ1n) is 8.02. The molecule has 0 saturated heterocycles. The molecule has 7 nitrogen and oxygen atoms in total. The van der Waals surface area contributed by atoms with E-state index in [2.05, 4.69) is 22.1 Å². The van der Waals surface area contributed by atoms with E-state index in [9.17, 15) is 14.4 Å². The number of benzene rings is 1. The van der Waals surface area contributed by atoms with Crippen LogP contribution in [0.2, 0.25) is 0 Å². The molecular formula is C19H20N2O5. The van der Waals surface area contributed by atoms with Gasteiger partial charge in [0.15, 0.2) is 0 Å². The van der Waals surface area contributed by atoms with Crippen LogP contribution in [-0.4, -0.2) is 34.3 Å². The molecule has 1 heterocycles. The van der Waals surface area contributed by atoms with E-state index in [4.69, 9.17) is 9.84 Å². The number of carbonyl (C=O) groups excluding carboxylic acids is 1. The number of rotatable bonds is 3. The van der Waals surface area contributed by atoms with E-state index in [1.54, 1.807) is 39.0 Å². The summed E-state index contributed by atoms with van der Waals surface area (Å²) >= 11 is 0. The van der Waals surface area contributed by atoms with Crippen LogP contribution < -0.4 is 10.7 Å². The van der Waals surface area contributed by atoms with Gasteiger partial charge in [-0.2, -0.15) is 0 Å². The SMILES string of the molecule is CC(C)(C)OC(=O)NCCC#Cc1ccc2c(=O)c(C(=O)O)c[nH]c2c1. The van der Waals surface area contributed by atoms with E-state index < -0.39 is 23.1 Å². The topological polar surface area (TPSA) is 108 Å². The van der Waals surface area contributed by atoms with Crippen molar-refractivity contribution >= 4 is 23.0 Å². The number of carboxylic acids is 1. The third kappa shape index (κ3) is 5.11. The Bertz CT molecular complexity index is 958. The molecule has 0 saturated carbocycles. The molecule has 26 heavy (non-hydrogen) atoms. The van der Waals surface area contributed by atoms with Crippen molar-refractivity contribution in [3.8, 4) is 11.8 Å². The zero-order valence-electron chi connectivity index (χ0n) is 14.8. The van der Waals surface area contributed by atoms with Gasteiger partial charge in [0.1, 0.15) is 11.2 Å². The average molecular weight is 356 g/mol. The predicted molar refractivity (Wildman–Crippen MR) is 97.3 cm³/mol. The highest BCUT2D eigenvalue weighted by atomic mass is 16.6. The number of hydrogen-bond acceptors (Lipinski definition) is 4. The van der Waals surface area contributed by atoms with Gasteiger partial charge >= 0.3 is 12.1 Å². The quantitative estimate of drug-likeness (QED) is 0.578. The number of H-pyrrole nitrogens is 1. The number of hydrogen-bond donors (Lipinski definition) is 3. The summed E-state index contributed by atoms with van der Waals surface area (Å²) in [7, 11) is 0. The van der Waals surface area contributed by atoms with Crippen LogP contribution in [0.25, 0.3) is 10.9 Å². The van der Waals surface area contributed by atoms with Crippen LogP contribution in [0.15, 0.2) is 29.2 Å². The zero-order valence-corrected chi connectivity index (χ0v) is 14.8.